The zero-order chi connectivity index (χ0) is 22.4. The number of aromatic hydroxyl groups is 1. The Morgan fingerprint density at radius 1 is 1.16 bits per heavy atom. The largest absolute Gasteiger partial charge is 0.508 e. The van der Waals surface area contributed by atoms with Gasteiger partial charge in [0.2, 0.25) is 5.91 Å². The fourth-order valence-corrected chi connectivity index (χ4v) is 4.22. The molecule has 0 saturated carbocycles. The van der Waals surface area contributed by atoms with E-state index in [0.29, 0.717) is 20.7 Å². The second-order valence-electron chi connectivity index (χ2n) is 6.51. The highest BCUT2D eigenvalue weighted by Crippen LogP contribution is 2.33. The first-order chi connectivity index (χ1) is 14.8. The summed E-state index contributed by atoms with van der Waals surface area (Å²) in [5.74, 6) is -1.24. The lowest BCUT2D eigenvalue weighted by Crippen LogP contribution is -2.41. The van der Waals surface area contributed by atoms with Gasteiger partial charge in [0.15, 0.2) is 0 Å². The van der Waals surface area contributed by atoms with Crippen LogP contribution in [-0.2, 0) is 9.59 Å². The van der Waals surface area contributed by atoms with Gasteiger partial charge in [-0.2, -0.15) is 0 Å². The number of benzene rings is 2. The maximum absolute atomic E-state index is 12.6. The van der Waals surface area contributed by atoms with Crippen LogP contribution in [0.1, 0.15) is 28.8 Å². The molecule has 1 saturated heterocycles. The molecule has 1 heterocycles. The van der Waals surface area contributed by atoms with Crippen LogP contribution in [0.2, 0.25) is 5.02 Å². The van der Waals surface area contributed by atoms with Crippen LogP contribution in [0, 0.1) is 0 Å². The third-order valence-corrected chi connectivity index (χ3v) is 6.00. The molecule has 1 aliphatic rings. The van der Waals surface area contributed by atoms with Crippen molar-refractivity contribution in [3.63, 3.8) is 0 Å². The van der Waals surface area contributed by atoms with Gasteiger partial charge >= 0.3 is 0 Å². The summed E-state index contributed by atoms with van der Waals surface area (Å²) in [6.07, 6.45) is 2.14. The predicted octanol–water partition coefficient (Wildman–Crippen LogP) is 3.49. The molecule has 0 spiro atoms. The molecule has 0 radical (unpaired) electrons. The number of thiocarbonyl (C=S) groups is 1. The number of carbonyl (C=O) groups is 3. The maximum Gasteiger partial charge on any atom is 0.269 e. The number of carbonyl (C=O) groups excluding carboxylic acids is 3. The Hall–Kier alpha value is -2.88. The number of amides is 3. The normalized spacial score (nSPS) is 14.7. The number of phenolic OH excluding ortho intramolecular Hbond substituents is 1. The Balaban J connectivity index is 1.47. The molecule has 3 amide bonds. The van der Waals surface area contributed by atoms with E-state index >= 15 is 0 Å². The standard InChI is InChI=1S/C21H18ClN3O4S2/c22-16-8-2-1-5-13(16)12-17-20(29)25(21(30)31-17)10-4-9-18(27)23-24-19(28)14-6-3-7-15(26)11-14/h1-3,5-8,11-12,26H,4,9-10H2,(H,23,27)(H,24,28)/b17-12+. The van der Waals surface area contributed by atoms with Crippen molar-refractivity contribution < 1.29 is 19.5 Å². The monoisotopic (exact) mass is 475 g/mol. The molecule has 3 N–H and O–H groups in total. The van der Waals surface area contributed by atoms with E-state index in [4.69, 9.17) is 23.8 Å². The van der Waals surface area contributed by atoms with E-state index in [2.05, 4.69) is 10.9 Å². The Kier molecular flexibility index (Phi) is 7.67. The van der Waals surface area contributed by atoms with Gasteiger partial charge in [-0.1, -0.05) is 59.8 Å². The summed E-state index contributed by atoms with van der Waals surface area (Å²) in [7, 11) is 0. The SMILES string of the molecule is O=C(CCCN1C(=O)/C(=C\c2ccccc2Cl)SC1=S)NNC(=O)c1cccc(O)c1. The summed E-state index contributed by atoms with van der Waals surface area (Å²) < 4.78 is 0.417. The average molecular weight is 476 g/mol. The second kappa shape index (κ2) is 10.4. The summed E-state index contributed by atoms with van der Waals surface area (Å²) in [4.78, 5) is 38.5. The van der Waals surface area contributed by atoms with Crippen molar-refractivity contribution in [1.82, 2.24) is 15.8 Å². The Morgan fingerprint density at radius 2 is 1.94 bits per heavy atom. The van der Waals surface area contributed by atoms with Crippen molar-refractivity contribution in [3.05, 3.63) is 69.6 Å². The molecule has 1 fully saturated rings. The zero-order valence-corrected chi connectivity index (χ0v) is 18.5. The van der Waals surface area contributed by atoms with Gasteiger partial charge in [-0.15, -0.1) is 0 Å². The molecule has 0 unspecified atom stereocenters. The molecular formula is C21H18ClN3O4S2. The van der Waals surface area contributed by atoms with Gasteiger partial charge in [0.1, 0.15) is 10.1 Å². The van der Waals surface area contributed by atoms with E-state index < -0.39 is 11.8 Å². The van der Waals surface area contributed by atoms with Gasteiger partial charge in [0.05, 0.1) is 4.91 Å². The molecule has 0 atom stereocenters. The fourth-order valence-electron chi connectivity index (χ4n) is 2.73. The lowest BCUT2D eigenvalue weighted by molar-refractivity contribution is -0.124. The third kappa shape index (κ3) is 6.06. The number of hydrogen-bond acceptors (Lipinski definition) is 6. The molecule has 2 aromatic carbocycles. The van der Waals surface area contributed by atoms with Crippen LogP contribution >= 0.6 is 35.6 Å². The van der Waals surface area contributed by atoms with Crippen LogP contribution in [0.5, 0.6) is 5.75 Å². The number of phenols is 1. The Bertz CT molecular complexity index is 1070. The summed E-state index contributed by atoms with van der Waals surface area (Å²) in [5.41, 5.74) is 5.53. The first-order valence-corrected chi connectivity index (χ1v) is 10.8. The van der Waals surface area contributed by atoms with Gasteiger partial charge in [-0.05, 0) is 42.3 Å². The quantitative estimate of drug-likeness (QED) is 0.336. The topological polar surface area (TPSA) is 98.7 Å². The smallest absolute Gasteiger partial charge is 0.269 e. The molecule has 31 heavy (non-hydrogen) atoms. The minimum Gasteiger partial charge on any atom is -0.508 e. The van der Waals surface area contributed by atoms with E-state index in [1.165, 1.54) is 40.9 Å². The predicted molar refractivity (Wildman–Crippen MR) is 124 cm³/mol. The maximum atomic E-state index is 12.6. The number of rotatable bonds is 6. The Labute approximate surface area is 193 Å². The number of nitrogens with one attached hydrogen (secondary N) is 2. The van der Waals surface area contributed by atoms with Gasteiger partial charge in [-0.25, -0.2) is 0 Å². The Morgan fingerprint density at radius 3 is 2.68 bits per heavy atom. The van der Waals surface area contributed by atoms with E-state index in [0.717, 1.165) is 5.56 Å². The first kappa shape index (κ1) is 22.8. The molecule has 0 aliphatic carbocycles. The lowest BCUT2D eigenvalue weighted by Gasteiger charge is -2.14. The highest BCUT2D eigenvalue weighted by Gasteiger charge is 2.31. The lowest BCUT2D eigenvalue weighted by atomic mass is 10.2. The van der Waals surface area contributed by atoms with Crippen molar-refractivity contribution in [2.24, 2.45) is 0 Å². The number of thioether (sulfide) groups is 1. The molecular weight excluding hydrogens is 458 g/mol. The minimum absolute atomic E-state index is 0.0500. The zero-order valence-electron chi connectivity index (χ0n) is 16.1. The van der Waals surface area contributed by atoms with E-state index in [9.17, 15) is 19.5 Å². The second-order valence-corrected chi connectivity index (χ2v) is 8.59. The van der Waals surface area contributed by atoms with Gasteiger partial charge < -0.3 is 5.11 Å². The van der Waals surface area contributed by atoms with E-state index in [1.54, 1.807) is 12.1 Å². The van der Waals surface area contributed by atoms with Crippen molar-refractivity contribution in [3.8, 4) is 5.75 Å². The third-order valence-electron chi connectivity index (χ3n) is 4.27. The van der Waals surface area contributed by atoms with Crippen LogP contribution < -0.4 is 10.9 Å². The van der Waals surface area contributed by atoms with Crippen molar-refractivity contribution >= 4 is 63.7 Å². The minimum atomic E-state index is -0.550. The van der Waals surface area contributed by atoms with E-state index in [-0.39, 0.29) is 30.2 Å². The summed E-state index contributed by atoms with van der Waals surface area (Å²) in [5, 5.41) is 9.93. The van der Waals surface area contributed by atoms with Crippen LogP contribution in [0.4, 0.5) is 0 Å². The van der Waals surface area contributed by atoms with Crippen LogP contribution in [-0.4, -0.2) is 38.6 Å². The van der Waals surface area contributed by atoms with Gasteiger partial charge in [-0.3, -0.25) is 30.1 Å². The van der Waals surface area contributed by atoms with Crippen LogP contribution in [0.3, 0.4) is 0 Å². The summed E-state index contributed by atoms with van der Waals surface area (Å²) >= 11 is 12.6. The van der Waals surface area contributed by atoms with Gasteiger partial charge in [0, 0.05) is 23.6 Å². The van der Waals surface area contributed by atoms with Crippen molar-refractivity contribution in [1.29, 1.82) is 0 Å². The van der Waals surface area contributed by atoms with Crippen molar-refractivity contribution in [2.75, 3.05) is 6.54 Å². The molecule has 160 valence electrons. The number of hydrazine groups is 1. The summed E-state index contributed by atoms with van der Waals surface area (Å²) in [6.45, 7) is 0.276. The van der Waals surface area contributed by atoms with Crippen LogP contribution in [0.25, 0.3) is 6.08 Å². The van der Waals surface area contributed by atoms with Crippen LogP contribution in [0.15, 0.2) is 53.4 Å². The number of halogens is 1. The molecule has 7 nitrogen and oxygen atoms in total. The number of hydrogen-bond donors (Lipinski definition) is 3. The number of nitrogens with zero attached hydrogens (tertiary/aromatic N) is 1. The molecule has 10 heteroatoms. The molecule has 2 aromatic rings. The molecule has 1 aliphatic heterocycles. The summed E-state index contributed by atoms with van der Waals surface area (Å²) in [6, 6.07) is 12.9. The highest BCUT2D eigenvalue weighted by atomic mass is 35.5. The molecule has 3 rings (SSSR count). The molecule has 0 aromatic heterocycles. The fraction of sp³-hybridized carbons (Fsp3) is 0.143. The first-order valence-electron chi connectivity index (χ1n) is 9.23. The van der Waals surface area contributed by atoms with Gasteiger partial charge in [0.25, 0.3) is 11.8 Å². The van der Waals surface area contributed by atoms with E-state index in [1.807, 2.05) is 18.2 Å². The molecule has 0 bridgehead atoms. The highest BCUT2D eigenvalue weighted by molar-refractivity contribution is 8.26. The van der Waals surface area contributed by atoms with Crippen molar-refractivity contribution in [2.45, 2.75) is 12.8 Å². The average Bonchev–Trinajstić information content (AvgIpc) is 3.01.